The number of Topliss-reactive ketones (excluding diaryl/α,β-unsaturated/α-hetero) is 1. The minimum absolute atomic E-state index is 0.285. The third kappa shape index (κ3) is 6.29. The van der Waals surface area contributed by atoms with Crippen LogP contribution in [0.4, 0.5) is 8.78 Å². The highest BCUT2D eigenvalue weighted by atomic mass is 19.1. The summed E-state index contributed by atoms with van der Waals surface area (Å²) < 4.78 is 25.2. The summed E-state index contributed by atoms with van der Waals surface area (Å²) in [7, 11) is 0. The number of halogens is 2. The molecule has 0 rings (SSSR count). The number of ketones is 1. The van der Waals surface area contributed by atoms with E-state index in [-0.39, 0.29) is 17.8 Å². The van der Waals surface area contributed by atoms with E-state index in [1.54, 1.807) is 0 Å². The number of rotatable bonds is 4. The van der Waals surface area contributed by atoms with Crippen molar-refractivity contribution in [2.24, 2.45) is 0 Å². The molecule has 0 heterocycles. The predicted octanol–water partition coefficient (Wildman–Crippen LogP) is 3.88. The summed E-state index contributed by atoms with van der Waals surface area (Å²) in [6.45, 7) is 11.3. The van der Waals surface area contributed by atoms with Gasteiger partial charge in [-0.05, 0) is 13.0 Å². The van der Waals surface area contributed by atoms with Crippen molar-refractivity contribution in [1.82, 2.24) is 0 Å². The molecule has 0 aliphatic heterocycles. The van der Waals surface area contributed by atoms with Crippen LogP contribution in [0.25, 0.3) is 0 Å². The van der Waals surface area contributed by atoms with Gasteiger partial charge in [-0.25, -0.2) is 8.78 Å². The van der Waals surface area contributed by atoms with Crippen LogP contribution in [0, 0.1) is 0 Å². The maximum Gasteiger partial charge on any atom is 0.134 e. The minimum atomic E-state index is -0.928. The fourth-order valence-electron chi connectivity index (χ4n) is 0.682. The quantitative estimate of drug-likeness (QED) is 0.632. The summed E-state index contributed by atoms with van der Waals surface area (Å²) in [5.74, 6) is -2.08. The molecule has 0 radical (unpaired) electrons. The van der Waals surface area contributed by atoms with E-state index in [0.29, 0.717) is 0 Å². The average Bonchev–Trinajstić information content (AvgIpc) is 2.15. The molecule has 0 saturated carbocycles. The Morgan fingerprint density at radius 1 is 1.36 bits per heavy atom. The predicted molar refractivity (Wildman–Crippen MR) is 55.2 cm³/mol. The molecular weight excluding hydrogens is 186 g/mol. The molecule has 0 spiro atoms. The second kappa shape index (κ2) is 8.35. The molecule has 0 unspecified atom stereocenters. The van der Waals surface area contributed by atoms with Crippen LogP contribution in [0.3, 0.4) is 0 Å². The molecule has 0 aromatic carbocycles. The molecule has 0 saturated heterocycles. The Morgan fingerprint density at radius 3 is 2.00 bits per heavy atom. The minimum Gasteiger partial charge on any atom is -0.300 e. The number of hydrogen-bond donors (Lipinski definition) is 0. The molecule has 0 aliphatic carbocycles. The van der Waals surface area contributed by atoms with Crippen molar-refractivity contribution in [1.29, 1.82) is 0 Å². The van der Waals surface area contributed by atoms with Gasteiger partial charge >= 0.3 is 0 Å². The third-order valence-corrected chi connectivity index (χ3v) is 1.22. The van der Waals surface area contributed by atoms with E-state index in [9.17, 15) is 13.6 Å². The molecule has 0 aromatic rings. The highest BCUT2D eigenvalue weighted by molar-refractivity contribution is 5.79. The monoisotopic (exact) mass is 202 g/mol. The SMILES string of the molecule is C=C/C(F)=C(/CC(C)=O)C(=C)F.CC. The second-order valence-electron chi connectivity index (χ2n) is 2.31. The molecule has 14 heavy (non-hydrogen) atoms. The lowest BCUT2D eigenvalue weighted by Gasteiger charge is -2.00. The van der Waals surface area contributed by atoms with E-state index in [0.717, 1.165) is 6.08 Å². The van der Waals surface area contributed by atoms with Gasteiger partial charge in [-0.3, -0.25) is 4.79 Å². The van der Waals surface area contributed by atoms with Gasteiger partial charge in [0, 0.05) is 12.0 Å². The first kappa shape index (κ1) is 15.2. The largest absolute Gasteiger partial charge is 0.300 e. The summed E-state index contributed by atoms with van der Waals surface area (Å²) >= 11 is 0. The molecular formula is C11H16F2O. The van der Waals surface area contributed by atoms with E-state index in [1.807, 2.05) is 13.8 Å². The molecule has 0 aromatic heterocycles. The molecule has 0 amide bonds. The summed E-state index contributed by atoms with van der Waals surface area (Å²) in [5, 5.41) is 0. The summed E-state index contributed by atoms with van der Waals surface area (Å²) in [6, 6.07) is 0. The standard InChI is InChI=1S/C9H10F2O.C2H6/c1-4-9(11)8(7(3)10)5-6(2)12;1-2/h4H,1,3,5H2,2H3;1-2H3/b9-8+;. The fraction of sp³-hybridized carbons (Fsp3) is 0.364. The molecule has 0 atom stereocenters. The van der Waals surface area contributed by atoms with E-state index < -0.39 is 11.7 Å². The van der Waals surface area contributed by atoms with Crippen LogP contribution in [-0.4, -0.2) is 5.78 Å². The van der Waals surface area contributed by atoms with E-state index >= 15 is 0 Å². The van der Waals surface area contributed by atoms with Crippen molar-refractivity contribution in [2.45, 2.75) is 27.2 Å². The topological polar surface area (TPSA) is 17.1 Å². The van der Waals surface area contributed by atoms with Crippen LogP contribution in [-0.2, 0) is 4.79 Å². The average molecular weight is 202 g/mol. The van der Waals surface area contributed by atoms with Gasteiger partial charge in [0.1, 0.15) is 17.4 Å². The van der Waals surface area contributed by atoms with Gasteiger partial charge < -0.3 is 0 Å². The first-order chi connectivity index (χ1) is 6.49. The number of carbonyl (C=O) groups excluding carboxylic acids is 1. The van der Waals surface area contributed by atoms with Crippen LogP contribution in [0.5, 0.6) is 0 Å². The highest BCUT2D eigenvalue weighted by Gasteiger charge is 2.10. The zero-order valence-electron chi connectivity index (χ0n) is 8.86. The molecule has 0 fully saturated rings. The van der Waals surface area contributed by atoms with Crippen molar-refractivity contribution >= 4 is 5.78 Å². The van der Waals surface area contributed by atoms with Gasteiger partial charge in [-0.15, -0.1) is 0 Å². The van der Waals surface area contributed by atoms with Gasteiger partial charge in [-0.2, -0.15) is 0 Å². The highest BCUT2D eigenvalue weighted by Crippen LogP contribution is 2.20. The Bertz CT molecular complexity index is 252. The molecule has 80 valence electrons. The lowest BCUT2D eigenvalue weighted by Crippen LogP contribution is -1.95. The lowest BCUT2D eigenvalue weighted by atomic mass is 10.1. The number of carbonyl (C=O) groups is 1. The molecule has 0 aliphatic rings. The van der Waals surface area contributed by atoms with Crippen LogP contribution >= 0.6 is 0 Å². The van der Waals surface area contributed by atoms with Gasteiger partial charge in [-0.1, -0.05) is 27.0 Å². The Hall–Kier alpha value is -1.25. The Morgan fingerprint density at radius 2 is 1.79 bits per heavy atom. The zero-order chi connectivity index (χ0) is 11.7. The Labute approximate surface area is 83.8 Å². The summed E-state index contributed by atoms with van der Waals surface area (Å²) in [5.41, 5.74) is -0.322. The van der Waals surface area contributed by atoms with Crippen molar-refractivity contribution in [2.75, 3.05) is 0 Å². The summed E-state index contributed by atoms with van der Waals surface area (Å²) in [4.78, 5) is 10.5. The summed E-state index contributed by atoms with van der Waals surface area (Å²) in [6.07, 6.45) is 0.566. The van der Waals surface area contributed by atoms with Gasteiger partial charge in [0.2, 0.25) is 0 Å². The van der Waals surface area contributed by atoms with Crippen molar-refractivity contribution in [3.05, 3.63) is 36.5 Å². The first-order valence-corrected chi connectivity index (χ1v) is 4.34. The van der Waals surface area contributed by atoms with E-state index in [1.165, 1.54) is 6.92 Å². The van der Waals surface area contributed by atoms with Crippen LogP contribution in [0.2, 0.25) is 0 Å². The third-order valence-electron chi connectivity index (χ3n) is 1.22. The van der Waals surface area contributed by atoms with Crippen molar-refractivity contribution < 1.29 is 13.6 Å². The normalized spacial score (nSPS) is 10.6. The van der Waals surface area contributed by atoms with Gasteiger partial charge in [0.15, 0.2) is 0 Å². The smallest absolute Gasteiger partial charge is 0.134 e. The number of allylic oxidation sites excluding steroid dienone is 4. The zero-order valence-corrected chi connectivity index (χ0v) is 8.86. The van der Waals surface area contributed by atoms with Gasteiger partial charge in [0.25, 0.3) is 0 Å². The van der Waals surface area contributed by atoms with E-state index in [4.69, 9.17) is 0 Å². The first-order valence-electron chi connectivity index (χ1n) is 4.34. The fourth-order valence-corrected chi connectivity index (χ4v) is 0.682. The second-order valence-corrected chi connectivity index (χ2v) is 2.31. The molecule has 1 nitrogen and oxygen atoms in total. The number of hydrogen-bond acceptors (Lipinski definition) is 1. The molecule has 0 N–H and O–H groups in total. The Kier molecular flexibility index (Phi) is 9.09. The maximum absolute atomic E-state index is 12.7. The van der Waals surface area contributed by atoms with Crippen LogP contribution in [0.1, 0.15) is 27.2 Å². The molecule has 0 bridgehead atoms. The van der Waals surface area contributed by atoms with Crippen molar-refractivity contribution in [3.63, 3.8) is 0 Å². The van der Waals surface area contributed by atoms with Crippen LogP contribution < -0.4 is 0 Å². The van der Waals surface area contributed by atoms with E-state index in [2.05, 4.69) is 13.2 Å². The van der Waals surface area contributed by atoms with Crippen molar-refractivity contribution in [3.8, 4) is 0 Å². The molecule has 3 heteroatoms. The lowest BCUT2D eigenvalue weighted by molar-refractivity contribution is -0.116. The van der Waals surface area contributed by atoms with Crippen LogP contribution in [0.15, 0.2) is 36.5 Å². The maximum atomic E-state index is 12.7. The van der Waals surface area contributed by atoms with Gasteiger partial charge in [0.05, 0.1) is 0 Å². The Balaban J connectivity index is 0.